The summed E-state index contributed by atoms with van der Waals surface area (Å²) in [5.41, 5.74) is 4.02. The van der Waals surface area contributed by atoms with E-state index in [9.17, 15) is 25.7 Å². The molecule has 4 N–H and O–H groups in total. The molecule has 0 spiro atoms. The molecule has 1 aliphatic rings. The summed E-state index contributed by atoms with van der Waals surface area (Å²) in [6.45, 7) is 8.75. The van der Waals surface area contributed by atoms with E-state index >= 15 is 0 Å². The van der Waals surface area contributed by atoms with Gasteiger partial charge in [-0.15, -0.1) is 0 Å². The Balaban J connectivity index is 1.35. The minimum absolute atomic E-state index is 0.0931. The zero-order valence-electron chi connectivity index (χ0n) is 30.8. The van der Waals surface area contributed by atoms with Crippen LogP contribution in [0.3, 0.4) is 0 Å². The van der Waals surface area contributed by atoms with Gasteiger partial charge in [0.25, 0.3) is 0 Å². The van der Waals surface area contributed by atoms with E-state index in [1.807, 2.05) is 50.2 Å². The second-order valence-electron chi connectivity index (χ2n) is 13.7. The molecule has 1 saturated heterocycles. The van der Waals surface area contributed by atoms with Crippen molar-refractivity contribution in [1.29, 1.82) is 5.26 Å². The van der Waals surface area contributed by atoms with E-state index in [-0.39, 0.29) is 25.9 Å². The van der Waals surface area contributed by atoms with Gasteiger partial charge in [-0.3, -0.25) is 9.88 Å². The average molecular weight is 780 g/mol. The van der Waals surface area contributed by atoms with Gasteiger partial charge in [0, 0.05) is 61.3 Å². The lowest BCUT2D eigenvalue weighted by atomic mass is 9.96. The third-order valence-corrected chi connectivity index (χ3v) is 10.7. The molecule has 0 saturated carbocycles. The molecule has 3 aromatic carbocycles. The highest BCUT2D eigenvalue weighted by Gasteiger charge is 2.37. The van der Waals surface area contributed by atoms with Gasteiger partial charge in [-0.2, -0.15) is 5.26 Å². The van der Waals surface area contributed by atoms with Gasteiger partial charge in [0.1, 0.15) is 36.5 Å². The summed E-state index contributed by atoms with van der Waals surface area (Å²) < 4.78 is 18.7. The van der Waals surface area contributed by atoms with Crippen molar-refractivity contribution in [2.24, 2.45) is 0 Å². The Bertz CT molecular complexity index is 1920. The average Bonchev–Trinajstić information content (AvgIpc) is 3.59. The van der Waals surface area contributed by atoms with E-state index in [1.165, 1.54) is 6.20 Å². The number of likely N-dealkylation sites (tertiary alicyclic amines) is 1. The number of nitriles is 1. The van der Waals surface area contributed by atoms with E-state index in [1.54, 1.807) is 36.2 Å². The van der Waals surface area contributed by atoms with Crippen molar-refractivity contribution in [2.45, 2.75) is 71.3 Å². The zero-order chi connectivity index (χ0) is 38.8. The summed E-state index contributed by atoms with van der Waals surface area (Å²) in [5.74, 6) is 1.41. The number of benzene rings is 3. The van der Waals surface area contributed by atoms with Crippen LogP contribution in [-0.2, 0) is 19.8 Å². The number of likely N-dealkylation sites (N-methyl/N-ethyl adjacent to an activating group) is 1. The minimum Gasteiger partial charge on any atom is -0.492 e. The van der Waals surface area contributed by atoms with Crippen LogP contribution in [0.2, 0.25) is 10.0 Å². The lowest BCUT2D eigenvalue weighted by molar-refractivity contribution is -0.163. The maximum Gasteiger partial charge on any atom is 0.172 e. The first-order valence-corrected chi connectivity index (χ1v) is 18.8. The molecule has 0 aliphatic carbocycles. The molecule has 5 rings (SSSR count). The van der Waals surface area contributed by atoms with Crippen molar-refractivity contribution in [3.05, 3.63) is 105 Å². The largest absolute Gasteiger partial charge is 0.492 e. The van der Waals surface area contributed by atoms with Crippen LogP contribution in [0.5, 0.6) is 17.2 Å². The van der Waals surface area contributed by atoms with Crippen molar-refractivity contribution in [1.82, 2.24) is 14.8 Å². The highest BCUT2D eigenvalue weighted by atomic mass is 35.5. The number of hydrogen-bond donors (Lipinski definition) is 4. The summed E-state index contributed by atoms with van der Waals surface area (Å²) in [6, 6.07) is 18.9. The van der Waals surface area contributed by atoms with Crippen LogP contribution in [0, 0.1) is 18.3 Å². The number of ether oxygens (including phenoxy) is 3. The smallest absolute Gasteiger partial charge is 0.172 e. The summed E-state index contributed by atoms with van der Waals surface area (Å²) in [6.07, 6.45) is 2.67. The molecule has 0 bridgehead atoms. The quantitative estimate of drug-likeness (QED) is 0.0684. The third kappa shape index (κ3) is 10.0. The summed E-state index contributed by atoms with van der Waals surface area (Å²) in [5, 5.41) is 50.4. The third-order valence-electron chi connectivity index (χ3n) is 9.98. The number of hydrogen-bond acceptors (Lipinski definition) is 11. The number of nitrogens with zero attached hydrogens (tertiary/aromatic N) is 4. The van der Waals surface area contributed by atoms with E-state index in [4.69, 9.17) is 37.4 Å². The summed E-state index contributed by atoms with van der Waals surface area (Å²) >= 11 is 13.7. The number of aliphatic hydroxyl groups excluding tert-OH is 3. The van der Waals surface area contributed by atoms with Crippen molar-refractivity contribution in [3.63, 3.8) is 0 Å². The molecule has 2 atom stereocenters. The first kappa shape index (κ1) is 41.2. The van der Waals surface area contributed by atoms with Crippen molar-refractivity contribution >= 4 is 23.2 Å². The maximum absolute atomic E-state index is 10.1. The molecule has 4 aromatic rings. The van der Waals surface area contributed by atoms with Crippen LogP contribution in [0.15, 0.2) is 67.0 Å². The molecule has 54 heavy (non-hydrogen) atoms. The monoisotopic (exact) mass is 778 g/mol. The first-order valence-electron chi connectivity index (χ1n) is 18.0. The Morgan fingerprint density at radius 2 is 1.76 bits per heavy atom. The molecule has 2 heterocycles. The number of β-amino-alcohol motifs (C(OH)–C–C–N with tert-alkyl or cyclic N) is 1. The number of pyridine rings is 1. The number of aliphatic hydroxyl groups is 4. The Hall–Kier alpha value is -3.96. The highest BCUT2D eigenvalue weighted by Crippen LogP contribution is 2.39. The summed E-state index contributed by atoms with van der Waals surface area (Å²) in [7, 11) is 0. The molecule has 1 aromatic heterocycles. The van der Waals surface area contributed by atoms with E-state index in [0.717, 1.165) is 48.2 Å². The summed E-state index contributed by atoms with van der Waals surface area (Å²) in [4.78, 5) is 8.10. The van der Waals surface area contributed by atoms with Gasteiger partial charge >= 0.3 is 0 Å². The fraction of sp³-hybridized carbons (Fsp3) is 0.415. The van der Waals surface area contributed by atoms with E-state index in [0.29, 0.717) is 63.7 Å². The molecule has 1 aliphatic heterocycles. The molecular formula is C41H48Cl2N4O7. The molecular weight excluding hydrogens is 731 g/mol. The predicted octanol–water partition coefficient (Wildman–Crippen LogP) is 6.11. The lowest BCUT2D eigenvalue weighted by Crippen LogP contribution is -2.56. The van der Waals surface area contributed by atoms with E-state index < -0.39 is 18.4 Å². The van der Waals surface area contributed by atoms with Gasteiger partial charge in [-0.05, 0) is 68.1 Å². The second kappa shape index (κ2) is 19.1. The van der Waals surface area contributed by atoms with Crippen molar-refractivity contribution < 1.29 is 34.6 Å². The Labute approximate surface area is 326 Å². The van der Waals surface area contributed by atoms with Gasteiger partial charge in [-0.25, -0.2) is 0 Å². The lowest BCUT2D eigenvalue weighted by Gasteiger charge is -2.40. The standard InChI is InChI=1S/C41H48Cl2N4O7/c1-4-47(41(3,26-48)40(50)51)22-31-17-35(42)38(18-37(31)53-24-29-16-28(19-44)20-45-21-29)54-25-30-8-5-9-33(27(30)2)34-10-6-11-36(39(34)43)52-15-7-13-46-14-12-32(49)23-46/h5-6,8-11,16-18,20-21,32,40,48-51H,4,7,12-15,22-26H2,1-3H3/t32-,41?/m1/s1. The Kier molecular flexibility index (Phi) is 14.6. The van der Waals surface area contributed by atoms with Gasteiger partial charge < -0.3 is 39.5 Å². The first-order chi connectivity index (χ1) is 26.0. The van der Waals surface area contributed by atoms with Crippen LogP contribution >= 0.6 is 23.2 Å². The van der Waals surface area contributed by atoms with Gasteiger partial charge in [-0.1, -0.05) is 60.5 Å². The van der Waals surface area contributed by atoms with Crippen LogP contribution in [0.25, 0.3) is 11.1 Å². The van der Waals surface area contributed by atoms with Crippen LogP contribution < -0.4 is 14.2 Å². The SMILES string of the molecule is CCN(Cc1cc(Cl)c(OCc2cccc(-c3cccc(OCCCN4CC[C@@H](O)C4)c3Cl)c2C)cc1OCc1cncc(C#N)c1)C(C)(CO)C(O)O. The number of aromatic nitrogens is 1. The molecule has 0 radical (unpaired) electrons. The van der Waals surface area contributed by atoms with Crippen LogP contribution in [0.1, 0.15) is 54.5 Å². The number of halogens is 2. The Morgan fingerprint density at radius 3 is 2.46 bits per heavy atom. The normalized spacial score (nSPS) is 15.7. The molecule has 1 unspecified atom stereocenters. The van der Waals surface area contributed by atoms with E-state index in [2.05, 4.69) is 16.0 Å². The molecule has 0 amide bonds. The van der Waals surface area contributed by atoms with Crippen LogP contribution in [0.4, 0.5) is 0 Å². The second-order valence-corrected chi connectivity index (χ2v) is 14.5. The van der Waals surface area contributed by atoms with Gasteiger partial charge in [0.15, 0.2) is 6.29 Å². The molecule has 1 fully saturated rings. The van der Waals surface area contributed by atoms with Crippen molar-refractivity contribution in [2.75, 3.05) is 39.4 Å². The van der Waals surface area contributed by atoms with Gasteiger partial charge in [0.2, 0.25) is 0 Å². The van der Waals surface area contributed by atoms with Gasteiger partial charge in [0.05, 0.1) is 40.5 Å². The fourth-order valence-electron chi connectivity index (χ4n) is 6.54. The van der Waals surface area contributed by atoms with Crippen LogP contribution in [-0.4, -0.2) is 92.5 Å². The minimum atomic E-state index is -1.81. The zero-order valence-corrected chi connectivity index (χ0v) is 32.4. The van der Waals surface area contributed by atoms with Crippen molar-refractivity contribution in [3.8, 4) is 34.4 Å². The maximum atomic E-state index is 10.1. The molecule has 13 heteroatoms. The highest BCUT2D eigenvalue weighted by molar-refractivity contribution is 6.35. The molecule has 288 valence electrons. The topological polar surface area (TPSA) is 152 Å². The predicted molar refractivity (Wildman–Crippen MR) is 208 cm³/mol. The Morgan fingerprint density at radius 1 is 1.00 bits per heavy atom. The fourth-order valence-corrected chi connectivity index (χ4v) is 7.06. The molecule has 11 nitrogen and oxygen atoms in total. The number of rotatable bonds is 18.